The van der Waals surface area contributed by atoms with Crippen LogP contribution in [0.25, 0.3) is 16.6 Å². The molecule has 0 spiro atoms. The summed E-state index contributed by atoms with van der Waals surface area (Å²) in [5, 5.41) is 19.7. The fraction of sp³-hybridized carbons (Fsp3) is 0.250. The van der Waals surface area contributed by atoms with Crippen LogP contribution in [0.1, 0.15) is 16.7 Å². The van der Waals surface area contributed by atoms with Gasteiger partial charge in [0.05, 0.1) is 43.8 Å². The number of nitriles is 1. The van der Waals surface area contributed by atoms with Crippen LogP contribution in [0.3, 0.4) is 0 Å². The molecule has 4 rings (SSSR count). The Kier molecular flexibility index (Phi) is 8.37. The molecule has 1 amide bonds. The number of methoxy groups -OCH3 is 1. The van der Waals surface area contributed by atoms with E-state index in [0.29, 0.717) is 31.7 Å². The molecule has 11 heteroatoms. The SMILES string of the molecule is COc1ccc(F)cc1C.N#C/C(C(N)=NC1COC1)=C(/N)c1ccc(CNC=O)c2[nH]ncc12. The van der Waals surface area contributed by atoms with Gasteiger partial charge in [-0.25, -0.2) is 4.39 Å². The molecule has 0 atom stereocenters. The number of carbonyl (C=O) groups excluding carboxylic acids is 1. The Morgan fingerprint density at radius 1 is 1.40 bits per heavy atom. The number of hydrogen-bond donors (Lipinski definition) is 4. The largest absolute Gasteiger partial charge is 0.496 e. The molecule has 1 aliphatic heterocycles. The Morgan fingerprint density at radius 3 is 2.77 bits per heavy atom. The van der Waals surface area contributed by atoms with Crippen molar-refractivity contribution in [1.82, 2.24) is 15.5 Å². The maximum Gasteiger partial charge on any atom is 0.207 e. The van der Waals surface area contributed by atoms with Crippen LogP contribution < -0.4 is 21.5 Å². The summed E-state index contributed by atoms with van der Waals surface area (Å²) in [5.74, 6) is 0.594. The number of aliphatic imine (C=N–C) groups is 1. The molecule has 1 aliphatic rings. The van der Waals surface area contributed by atoms with Gasteiger partial charge >= 0.3 is 0 Å². The molecule has 0 bridgehead atoms. The highest BCUT2D eigenvalue weighted by Gasteiger charge is 2.20. The van der Waals surface area contributed by atoms with E-state index in [4.69, 9.17) is 20.9 Å². The second-order valence-electron chi connectivity index (χ2n) is 7.65. The standard InChI is InChI=1S/C16H17N7O2.C8H9FO/c17-3-12(16(19)22-10-6-25-7-10)14(18)11-2-1-9(4-20-8-24)15-13(11)5-21-23-15;1-6-5-7(9)3-4-8(6)10-2/h1-2,5,8,10H,4,6-7,18H2,(H2,19,22)(H,20,24)(H,21,23);3-5H,1-2H3/b14-12-;. The molecule has 6 N–H and O–H groups in total. The second kappa shape index (κ2) is 11.6. The number of amides is 1. The van der Waals surface area contributed by atoms with E-state index in [0.717, 1.165) is 27.8 Å². The van der Waals surface area contributed by atoms with E-state index >= 15 is 0 Å². The van der Waals surface area contributed by atoms with Gasteiger partial charge < -0.3 is 26.3 Å². The maximum absolute atomic E-state index is 12.4. The summed E-state index contributed by atoms with van der Waals surface area (Å²) >= 11 is 0. The van der Waals surface area contributed by atoms with E-state index in [9.17, 15) is 14.4 Å². The zero-order valence-corrected chi connectivity index (χ0v) is 19.3. The number of carbonyl (C=O) groups is 1. The third-order valence-electron chi connectivity index (χ3n) is 5.30. The van der Waals surface area contributed by atoms with Crippen molar-refractivity contribution in [3.8, 4) is 11.8 Å². The lowest BCUT2D eigenvalue weighted by atomic mass is 10.0. The number of aromatic amines is 1. The van der Waals surface area contributed by atoms with Gasteiger partial charge in [-0.05, 0) is 36.2 Å². The summed E-state index contributed by atoms with van der Waals surface area (Å²) in [6.45, 7) is 3.14. The van der Waals surface area contributed by atoms with Gasteiger partial charge in [0, 0.05) is 17.5 Å². The smallest absolute Gasteiger partial charge is 0.207 e. The van der Waals surface area contributed by atoms with Crippen LogP contribution in [0.4, 0.5) is 4.39 Å². The predicted molar refractivity (Wildman–Crippen MR) is 130 cm³/mol. The van der Waals surface area contributed by atoms with E-state index in [2.05, 4.69) is 20.5 Å². The third kappa shape index (κ3) is 5.93. The lowest BCUT2D eigenvalue weighted by Crippen LogP contribution is -2.34. The number of H-pyrrole nitrogens is 1. The molecule has 3 aromatic rings. The Morgan fingerprint density at radius 2 is 2.17 bits per heavy atom. The van der Waals surface area contributed by atoms with E-state index in [1.54, 1.807) is 31.5 Å². The Bertz CT molecular complexity index is 1310. The maximum atomic E-state index is 12.4. The molecule has 2 aromatic carbocycles. The number of benzene rings is 2. The number of nitrogens with one attached hydrogen (secondary N) is 2. The summed E-state index contributed by atoms with van der Waals surface area (Å²) in [6, 6.07) is 10.0. The molecule has 1 saturated heterocycles. The number of amidine groups is 1. The van der Waals surface area contributed by atoms with Gasteiger partial charge in [0.2, 0.25) is 6.41 Å². The van der Waals surface area contributed by atoms with E-state index < -0.39 is 0 Å². The van der Waals surface area contributed by atoms with Crippen LogP contribution in [-0.2, 0) is 16.1 Å². The highest BCUT2D eigenvalue weighted by Crippen LogP contribution is 2.26. The fourth-order valence-corrected chi connectivity index (χ4v) is 3.42. The van der Waals surface area contributed by atoms with Gasteiger partial charge in [-0.1, -0.05) is 12.1 Å². The van der Waals surface area contributed by atoms with Crippen LogP contribution in [0.15, 0.2) is 47.1 Å². The summed E-state index contributed by atoms with van der Waals surface area (Å²) in [6.07, 6.45) is 2.24. The molecule has 0 aliphatic carbocycles. The zero-order valence-electron chi connectivity index (χ0n) is 19.3. The molecular formula is C24H26FN7O3. The van der Waals surface area contributed by atoms with Gasteiger partial charge in [-0.3, -0.25) is 14.9 Å². The number of aryl methyl sites for hydroxylation is 1. The average Bonchev–Trinajstić information content (AvgIpc) is 3.31. The molecule has 0 unspecified atom stereocenters. The monoisotopic (exact) mass is 479 g/mol. The van der Waals surface area contributed by atoms with Crippen molar-refractivity contribution >= 4 is 28.8 Å². The van der Waals surface area contributed by atoms with Crippen molar-refractivity contribution in [3.05, 3.63) is 64.6 Å². The average molecular weight is 480 g/mol. The van der Waals surface area contributed by atoms with Crippen molar-refractivity contribution in [2.45, 2.75) is 19.5 Å². The number of ether oxygens (including phenoxy) is 2. The first-order valence-electron chi connectivity index (χ1n) is 10.6. The normalized spacial score (nSPS) is 14.2. The third-order valence-corrected chi connectivity index (χ3v) is 5.30. The topological polar surface area (TPSA) is 164 Å². The highest BCUT2D eigenvalue weighted by molar-refractivity contribution is 6.09. The van der Waals surface area contributed by atoms with Crippen LogP contribution in [0, 0.1) is 24.1 Å². The first-order valence-corrected chi connectivity index (χ1v) is 10.6. The number of nitrogens with two attached hydrogens (primary N) is 2. The summed E-state index contributed by atoms with van der Waals surface area (Å²) in [4.78, 5) is 14.8. The van der Waals surface area contributed by atoms with Crippen molar-refractivity contribution in [2.24, 2.45) is 16.5 Å². The van der Waals surface area contributed by atoms with Gasteiger partial charge in [-0.2, -0.15) is 10.4 Å². The number of aromatic nitrogens is 2. The van der Waals surface area contributed by atoms with Crippen LogP contribution >= 0.6 is 0 Å². The lowest BCUT2D eigenvalue weighted by Gasteiger charge is -2.22. The summed E-state index contributed by atoms with van der Waals surface area (Å²) < 4.78 is 22.4. The van der Waals surface area contributed by atoms with E-state index in [1.807, 2.05) is 13.0 Å². The fourth-order valence-electron chi connectivity index (χ4n) is 3.42. The molecule has 182 valence electrons. The highest BCUT2D eigenvalue weighted by atomic mass is 19.1. The minimum Gasteiger partial charge on any atom is -0.496 e. The molecule has 10 nitrogen and oxygen atoms in total. The van der Waals surface area contributed by atoms with Gasteiger partial charge in [0.15, 0.2) is 0 Å². The van der Waals surface area contributed by atoms with Crippen molar-refractivity contribution in [3.63, 3.8) is 0 Å². The number of fused-ring (bicyclic) bond motifs is 1. The Balaban J connectivity index is 0.000000287. The molecule has 1 fully saturated rings. The van der Waals surface area contributed by atoms with Gasteiger partial charge in [0.1, 0.15) is 29.0 Å². The predicted octanol–water partition coefficient (Wildman–Crippen LogP) is 1.90. The summed E-state index contributed by atoms with van der Waals surface area (Å²) in [5.41, 5.74) is 15.5. The molecule has 2 heterocycles. The lowest BCUT2D eigenvalue weighted by molar-refractivity contribution is -0.109. The minimum absolute atomic E-state index is 0.0399. The number of halogens is 1. The van der Waals surface area contributed by atoms with E-state index in [-0.39, 0.29) is 29.0 Å². The second-order valence-corrected chi connectivity index (χ2v) is 7.65. The van der Waals surface area contributed by atoms with Gasteiger partial charge in [-0.15, -0.1) is 0 Å². The van der Waals surface area contributed by atoms with Crippen molar-refractivity contribution in [2.75, 3.05) is 20.3 Å². The number of rotatable bonds is 7. The zero-order chi connectivity index (χ0) is 25.4. The Labute approximate surface area is 201 Å². The summed E-state index contributed by atoms with van der Waals surface area (Å²) in [7, 11) is 1.57. The molecular weight excluding hydrogens is 453 g/mol. The molecule has 0 saturated carbocycles. The van der Waals surface area contributed by atoms with Crippen LogP contribution in [-0.4, -0.2) is 48.8 Å². The van der Waals surface area contributed by atoms with Crippen LogP contribution in [0.5, 0.6) is 5.75 Å². The van der Waals surface area contributed by atoms with Crippen molar-refractivity contribution in [1.29, 1.82) is 5.26 Å². The van der Waals surface area contributed by atoms with E-state index in [1.165, 1.54) is 12.1 Å². The van der Waals surface area contributed by atoms with Crippen molar-refractivity contribution < 1.29 is 18.7 Å². The molecule has 1 aromatic heterocycles. The number of nitrogens with zero attached hydrogens (tertiary/aromatic N) is 3. The first-order chi connectivity index (χ1) is 16.9. The molecule has 35 heavy (non-hydrogen) atoms. The Hall–Kier alpha value is -4.43. The molecule has 0 radical (unpaired) electrons. The van der Waals surface area contributed by atoms with Crippen LogP contribution in [0.2, 0.25) is 0 Å². The quantitative estimate of drug-likeness (QED) is 0.174. The first kappa shape index (κ1) is 25.2. The number of hydrogen-bond acceptors (Lipinski definition) is 7. The van der Waals surface area contributed by atoms with Gasteiger partial charge in [0.25, 0.3) is 0 Å². The minimum atomic E-state index is -0.224.